The van der Waals surface area contributed by atoms with Crippen molar-refractivity contribution in [3.63, 3.8) is 0 Å². The first-order chi connectivity index (χ1) is 13.5. The standard InChI is InChI=1S/C20H21ClN2O3S2/c1-3-22(12-13-8-9-17(21)28-13)20(26)16(10-11-27-2)23-18(24)14-6-4-5-7-15(14)19(23)25/h4-9,16H,3,10-12H2,1-2H3/t16-/m1/s1. The van der Waals surface area contributed by atoms with Gasteiger partial charge in [-0.25, -0.2) is 0 Å². The molecule has 8 heteroatoms. The van der Waals surface area contributed by atoms with Crippen molar-refractivity contribution in [2.75, 3.05) is 18.6 Å². The zero-order valence-corrected chi connectivity index (χ0v) is 18.1. The van der Waals surface area contributed by atoms with Crippen molar-refractivity contribution < 1.29 is 14.4 Å². The van der Waals surface area contributed by atoms with Gasteiger partial charge in [0.25, 0.3) is 11.8 Å². The molecule has 1 aromatic heterocycles. The Kier molecular flexibility index (Phi) is 6.80. The van der Waals surface area contributed by atoms with Crippen LogP contribution in [-0.4, -0.2) is 52.1 Å². The van der Waals surface area contributed by atoms with Crippen LogP contribution in [0.2, 0.25) is 4.34 Å². The third-order valence-corrected chi connectivity index (χ3v) is 6.55. The summed E-state index contributed by atoms with van der Waals surface area (Å²) < 4.78 is 0.665. The molecule has 0 N–H and O–H groups in total. The lowest BCUT2D eigenvalue weighted by Crippen LogP contribution is -2.51. The zero-order chi connectivity index (χ0) is 20.3. The van der Waals surface area contributed by atoms with Gasteiger partial charge in [0, 0.05) is 11.4 Å². The number of hydrogen-bond donors (Lipinski definition) is 0. The molecule has 0 fully saturated rings. The van der Waals surface area contributed by atoms with Crippen molar-refractivity contribution >= 4 is 52.4 Å². The van der Waals surface area contributed by atoms with Crippen LogP contribution in [0, 0.1) is 0 Å². The van der Waals surface area contributed by atoms with Gasteiger partial charge >= 0.3 is 0 Å². The van der Waals surface area contributed by atoms with E-state index in [1.54, 1.807) is 47.0 Å². The van der Waals surface area contributed by atoms with Crippen molar-refractivity contribution in [1.29, 1.82) is 0 Å². The Labute approximate surface area is 177 Å². The van der Waals surface area contributed by atoms with E-state index in [-0.39, 0.29) is 5.91 Å². The summed E-state index contributed by atoms with van der Waals surface area (Å²) in [6.45, 7) is 2.78. The van der Waals surface area contributed by atoms with Gasteiger partial charge in [-0.05, 0) is 49.6 Å². The van der Waals surface area contributed by atoms with E-state index in [2.05, 4.69) is 0 Å². The number of carbonyl (C=O) groups is 3. The van der Waals surface area contributed by atoms with Gasteiger partial charge in [-0.2, -0.15) is 11.8 Å². The molecule has 0 unspecified atom stereocenters. The molecule has 0 spiro atoms. The van der Waals surface area contributed by atoms with Gasteiger partial charge in [0.1, 0.15) is 6.04 Å². The number of amides is 3. The highest BCUT2D eigenvalue weighted by atomic mass is 35.5. The summed E-state index contributed by atoms with van der Waals surface area (Å²) in [5, 5.41) is 0. The first kappa shape index (κ1) is 20.9. The molecular formula is C20H21ClN2O3S2. The summed E-state index contributed by atoms with van der Waals surface area (Å²) in [6, 6.07) is 9.61. The van der Waals surface area contributed by atoms with Crippen LogP contribution < -0.4 is 0 Å². The van der Waals surface area contributed by atoms with Gasteiger partial charge < -0.3 is 4.90 Å². The van der Waals surface area contributed by atoms with Crippen LogP contribution in [0.4, 0.5) is 0 Å². The highest BCUT2D eigenvalue weighted by molar-refractivity contribution is 7.98. The predicted molar refractivity (Wildman–Crippen MR) is 114 cm³/mol. The fourth-order valence-corrected chi connectivity index (χ4v) is 4.83. The normalized spacial score (nSPS) is 14.3. The van der Waals surface area contributed by atoms with Crippen LogP contribution in [0.5, 0.6) is 0 Å². The number of benzene rings is 1. The van der Waals surface area contributed by atoms with Crippen molar-refractivity contribution in [3.05, 3.63) is 56.7 Å². The molecule has 148 valence electrons. The summed E-state index contributed by atoms with van der Waals surface area (Å²) in [6.07, 6.45) is 2.36. The van der Waals surface area contributed by atoms with E-state index in [0.29, 0.717) is 40.7 Å². The Morgan fingerprint density at radius 1 is 1.18 bits per heavy atom. The third kappa shape index (κ3) is 4.11. The largest absolute Gasteiger partial charge is 0.336 e. The van der Waals surface area contributed by atoms with Gasteiger partial charge in [0.2, 0.25) is 5.91 Å². The molecule has 0 radical (unpaired) electrons. The predicted octanol–water partition coefficient (Wildman–Crippen LogP) is 4.17. The molecule has 1 aromatic carbocycles. The van der Waals surface area contributed by atoms with E-state index in [1.165, 1.54) is 11.3 Å². The van der Waals surface area contributed by atoms with Crippen LogP contribution in [0.25, 0.3) is 0 Å². The zero-order valence-electron chi connectivity index (χ0n) is 15.7. The second-order valence-electron chi connectivity index (χ2n) is 6.38. The van der Waals surface area contributed by atoms with Crippen molar-refractivity contribution in [3.8, 4) is 0 Å². The molecule has 3 amide bonds. The molecular weight excluding hydrogens is 416 g/mol. The molecule has 2 heterocycles. The third-order valence-electron chi connectivity index (χ3n) is 4.69. The highest BCUT2D eigenvalue weighted by Gasteiger charge is 2.43. The minimum Gasteiger partial charge on any atom is -0.336 e. The maximum atomic E-state index is 13.4. The van der Waals surface area contributed by atoms with Crippen molar-refractivity contribution in [2.45, 2.75) is 25.9 Å². The molecule has 1 aliphatic rings. The number of carbonyl (C=O) groups excluding carboxylic acids is 3. The van der Waals surface area contributed by atoms with Gasteiger partial charge in [-0.1, -0.05) is 23.7 Å². The van der Waals surface area contributed by atoms with Gasteiger partial charge in [0.15, 0.2) is 0 Å². The molecule has 0 saturated carbocycles. The highest BCUT2D eigenvalue weighted by Crippen LogP contribution is 2.28. The van der Waals surface area contributed by atoms with Crippen molar-refractivity contribution in [1.82, 2.24) is 9.80 Å². The minimum atomic E-state index is -0.810. The smallest absolute Gasteiger partial charge is 0.262 e. The molecule has 28 heavy (non-hydrogen) atoms. The van der Waals surface area contributed by atoms with Gasteiger partial charge in [0.05, 0.1) is 22.0 Å². The van der Waals surface area contributed by atoms with Crippen molar-refractivity contribution in [2.24, 2.45) is 0 Å². The van der Waals surface area contributed by atoms with Crippen LogP contribution >= 0.6 is 34.7 Å². The van der Waals surface area contributed by atoms with E-state index in [0.717, 1.165) is 9.78 Å². The number of thioether (sulfide) groups is 1. The number of rotatable bonds is 8. The number of imide groups is 1. The second-order valence-corrected chi connectivity index (χ2v) is 9.17. The molecule has 1 atom stereocenters. The first-order valence-corrected chi connectivity index (χ1v) is 11.6. The Morgan fingerprint density at radius 3 is 2.32 bits per heavy atom. The van der Waals surface area contributed by atoms with Crippen LogP contribution in [0.3, 0.4) is 0 Å². The van der Waals surface area contributed by atoms with Crippen LogP contribution in [0.1, 0.15) is 38.9 Å². The molecule has 0 saturated heterocycles. The second kappa shape index (κ2) is 9.11. The summed E-state index contributed by atoms with van der Waals surface area (Å²) in [5.74, 6) is -0.326. The Balaban J connectivity index is 1.88. The number of hydrogen-bond acceptors (Lipinski definition) is 5. The van der Waals surface area contributed by atoms with Crippen LogP contribution in [0.15, 0.2) is 36.4 Å². The Morgan fingerprint density at radius 2 is 1.82 bits per heavy atom. The van der Waals surface area contributed by atoms with Crippen LogP contribution in [-0.2, 0) is 11.3 Å². The fraction of sp³-hybridized carbons (Fsp3) is 0.350. The summed E-state index contributed by atoms with van der Waals surface area (Å²) in [4.78, 5) is 43.0. The lowest BCUT2D eigenvalue weighted by Gasteiger charge is -2.30. The number of halogens is 1. The lowest BCUT2D eigenvalue weighted by molar-refractivity contribution is -0.135. The maximum Gasteiger partial charge on any atom is 0.262 e. The maximum absolute atomic E-state index is 13.4. The molecule has 1 aliphatic heterocycles. The van der Waals surface area contributed by atoms with Gasteiger partial charge in [-0.3, -0.25) is 19.3 Å². The number of fused-ring (bicyclic) bond motifs is 1. The molecule has 0 bridgehead atoms. The first-order valence-electron chi connectivity index (χ1n) is 8.96. The van der Waals surface area contributed by atoms with E-state index >= 15 is 0 Å². The van der Waals surface area contributed by atoms with E-state index in [4.69, 9.17) is 11.6 Å². The monoisotopic (exact) mass is 436 g/mol. The lowest BCUT2D eigenvalue weighted by atomic mass is 10.1. The molecule has 5 nitrogen and oxygen atoms in total. The summed E-state index contributed by atoms with van der Waals surface area (Å²) in [7, 11) is 0. The quantitative estimate of drug-likeness (QED) is 0.583. The number of nitrogens with zero attached hydrogens (tertiary/aromatic N) is 2. The van der Waals surface area contributed by atoms with Gasteiger partial charge in [-0.15, -0.1) is 11.3 Å². The van der Waals surface area contributed by atoms with E-state index in [9.17, 15) is 14.4 Å². The average molecular weight is 437 g/mol. The summed E-state index contributed by atoms with van der Waals surface area (Å²) in [5.41, 5.74) is 0.727. The van der Waals surface area contributed by atoms with E-state index in [1.807, 2.05) is 19.2 Å². The minimum absolute atomic E-state index is 0.212. The summed E-state index contributed by atoms with van der Waals surface area (Å²) >= 11 is 9.01. The Bertz CT molecular complexity index is 864. The molecule has 2 aromatic rings. The Hall–Kier alpha value is -1.83. The number of thiophene rings is 1. The SMILES string of the molecule is CCN(Cc1ccc(Cl)s1)C(=O)[C@@H](CCSC)N1C(=O)c2ccccc2C1=O. The number of likely N-dealkylation sites (N-methyl/N-ethyl adjacent to an activating group) is 1. The van der Waals surface area contributed by atoms with E-state index < -0.39 is 17.9 Å². The molecule has 3 rings (SSSR count). The average Bonchev–Trinajstić information content (AvgIpc) is 3.22. The molecule has 0 aliphatic carbocycles. The topological polar surface area (TPSA) is 57.7 Å². The fourth-order valence-electron chi connectivity index (χ4n) is 3.26.